The maximum absolute atomic E-state index is 13.4. The summed E-state index contributed by atoms with van der Waals surface area (Å²) in [6, 6.07) is 5.52. The van der Waals surface area contributed by atoms with Gasteiger partial charge in [0.2, 0.25) is 0 Å². The van der Waals surface area contributed by atoms with E-state index in [0.717, 1.165) is 17.9 Å². The van der Waals surface area contributed by atoms with E-state index in [4.69, 9.17) is 0 Å². The number of hydrogen-bond acceptors (Lipinski definition) is 1. The molecular formula is C13H17BrFN. The molecule has 88 valence electrons. The first-order valence-corrected chi connectivity index (χ1v) is 6.63. The van der Waals surface area contributed by atoms with Crippen LogP contribution < -0.4 is 5.32 Å². The summed E-state index contributed by atoms with van der Waals surface area (Å²) in [5.41, 5.74) is 1.04. The van der Waals surface area contributed by atoms with Gasteiger partial charge in [0, 0.05) is 6.04 Å². The van der Waals surface area contributed by atoms with Crippen molar-refractivity contribution in [2.45, 2.75) is 31.7 Å². The monoisotopic (exact) mass is 285 g/mol. The third-order valence-electron chi connectivity index (χ3n) is 3.50. The smallest absolute Gasteiger partial charge is 0.137 e. The van der Waals surface area contributed by atoms with Crippen LogP contribution in [0.5, 0.6) is 0 Å². The normalized spacial score (nSPS) is 18.2. The topological polar surface area (TPSA) is 12.0 Å². The molecule has 0 bridgehead atoms. The molecule has 3 heteroatoms. The van der Waals surface area contributed by atoms with E-state index in [-0.39, 0.29) is 11.9 Å². The highest BCUT2D eigenvalue weighted by atomic mass is 79.9. The molecule has 1 unspecified atom stereocenters. The van der Waals surface area contributed by atoms with E-state index in [1.165, 1.54) is 25.3 Å². The van der Waals surface area contributed by atoms with E-state index >= 15 is 0 Å². The van der Waals surface area contributed by atoms with Crippen LogP contribution in [0.4, 0.5) is 4.39 Å². The summed E-state index contributed by atoms with van der Waals surface area (Å²) in [7, 11) is 1.95. The van der Waals surface area contributed by atoms with Crippen molar-refractivity contribution in [3.63, 3.8) is 0 Å². The van der Waals surface area contributed by atoms with Crippen molar-refractivity contribution in [3.05, 3.63) is 34.1 Å². The molecule has 0 radical (unpaired) electrons. The standard InChI is InChI=1S/C13H17BrFN/c1-16-12(8-9-4-2-5-9)10-6-3-7-11(15)13(10)14/h3,6-7,9,12,16H,2,4-5,8H2,1H3. The molecule has 16 heavy (non-hydrogen) atoms. The van der Waals surface area contributed by atoms with Crippen molar-refractivity contribution in [2.24, 2.45) is 5.92 Å². The molecule has 1 saturated carbocycles. The van der Waals surface area contributed by atoms with E-state index in [1.54, 1.807) is 6.07 Å². The Morgan fingerprint density at radius 2 is 2.25 bits per heavy atom. The highest BCUT2D eigenvalue weighted by Crippen LogP contribution is 2.36. The first kappa shape index (κ1) is 12.1. The number of rotatable bonds is 4. The molecule has 1 N–H and O–H groups in total. The van der Waals surface area contributed by atoms with Gasteiger partial charge in [-0.15, -0.1) is 0 Å². The lowest BCUT2D eigenvalue weighted by atomic mass is 9.79. The van der Waals surface area contributed by atoms with Crippen molar-refractivity contribution in [1.29, 1.82) is 0 Å². The maximum Gasteiger partial charge on any atom is 0.137 e. The summed E-state index contributed by atoms with van der Waals surface area (Å²) in [4.78, 5) is 0. The summed E-state index contributed by atoms with van der Waals surface area (Å²) >= 11 is 3.34. The Kier molecular flexibility index (Phi) is 3.98. The third-order valence-corrected chi connectivity index (χ3v) is 4.34. The fourth-order valence-corrected chi connectivity index (χ4v) is 2.79. The van der Waals surface area contributed by atoms with Gasteiger partial charge in [0.25, 0.3) is 0 Å². The van der Waals surface area contributed by atoms with Crippen LogP contribution in [-0.4, -0.2) is 7.05 Å². The van der Waals surface area contributed by atoms with Crippen LogP contribution >= 0.6 is 15.9 Å². The molecule has 1 nitrogen and oxygen atoms in total. The van der Waals surface area contributed by atoms with Crippen LogP contribution in [0.25, 0.3) is 0 Å². The van der Waals surface area contributed by atoms with Gasteiger partial charge in [-0.3, -0.25) is 0 Å². The van der Waals surface area contributed by atoms with Crippen LogP contribution in [-0.2, 0) is 0 Å². The fourth-order valence-electron chi connectivity index (χ4n) is 2.25. The van der Waals surface area contributed by atoms with Crippen LogP contribution in [0.2, 0.25) is 0 Å². The van der Waals surface area contributed by atoms with Gasteiger partial charge in [0.05, 0.1) is 4.47 Å². The van der Waals surface area contributed by atoms with Crippen molar-refractivity contribution in [3.8, 4) is 0 Å². The second kappa shape index (κ2) is 5.28. The summed E-state index contributed by atoms with van der Waals surface area (Å²) in [6.45, 7) is 0. The van der Waals surface area contributed by atoms with Crippen LogP contribution in [0.15, 0.2) is 22.7 Å². The Bertz CT molecular complexity index is 363. The predicted octanol–water partition coefficient (Wildman–Crippen LogP) is 4.04. The average molecular weight is 286 g/mol. The molecule has 0 aliphatic heterocycles. The van der Waals surface area contributed by atoms with E-state index in [9.17, 15) is 4.39 Å². The zero-order valence-electron chi connectivity index (χ0n) is 9.47. The molecule has 1 aliphatic rings. The lowest BCUT2D eigenvalue weighted by Crippen LogP contribution is -2.23. The minimum atomic E-state index is -0.175. The molecule has 1 atom stereocenters. The predicted molar refractivity (Wildman–Crippen MR) is 67.9 cm³/mol. The number of nitrogens with one attached hydrogen (secondary N) is 1. The van der Waals surface area contributed by atoms with Gasteiger partial charge in [-0.05, 0) is 46.9 Å². The zero-order valence-corrected chi connectivity index (χ0v) is 11.1. The highest BCUT2D eigenvalue weighted by Gasteiger charge is 2.23. The van der Waals surface area contributed by atoms with Crippen LogP contribution in [0.3, 0.4) is 0 Å². The summed E-state index contributed by atoms with van der Waals surface area (Å²) in [6.07, 6.45) is 5.11. The third kappa shape index (κ3) is 2.46. The van der Waals surface area contributed by atoms with Gasteiger partial charge in [-0.1, -0.05) is 31.4 Å². The average Bonchev–Trinajstić information content (AvgIpc) is 2.22. The lowest BCUT2D eigenvalue weighted by Gasteiger charge is -2.30. The van der Waals surface area contributed by atoms with Crippen LogP contribution in [0.1, 0.15) is 37.3 Å². The Labute approximate surface area is 105 Å². The number of hydrogen-bond donors (Lipinski definition) is 1. The van der Waals surface area contributed by atoms with Crippen molar-refractivity contribution in [2.75, 3.05) is 7.05 Å². The van der Waals surface area contributed by atoms with E-state index < -0.39 is 0 Å². The van der Waals surface area contributed by atoms with Crippen molar-refractivity contribution >= 4 is 15.9 Å². The highest BCUT2D eigenvalue weighted by molar-refractivity contribution is 9.10. The van der Waals surface area contributed by atoms with E-state index in [0.29, 0.717) is 4.47 Å². The zero-order chi connectivity index (χ0) is 11.5. The molecule has 1 fully saturated rings. The first-order valence-electron chi connectivity index (χ1n) is 5.83. The second-order valence-corrected chi connectivity index (χ2v) is 5.31. The SMILES string of the molecule is CNC(CC1CCC1)c1cccc(F)c1Br. The van der Waals surface area contributed by atoms with Gasteiger partial charge < -0.3 is 5.32 Å². The first-order chi connectivity index (χ1) is 7.72. The molecule has 0 saturated heterocycles. The molecule has 0 spiro atoms. The van der Waals surface area contributed by atoms with Gasteiger partial charge >= 0.3 is 0 Å². The van der Waals surface area contributed by atoms with Gasteiger partial charge in [-0.25, -0.2) is 4.39 Å². The largest absolute Gasteiger partial charge is 0.313 e. The maximum atomic E-state index is 13.4. The Morgan fingerprint density at radius 1 is 1.50 bits per heavy atom. The van der Waals surface area contributed by atoms with E-state index in [2.05, 4.69) is 21.2 Å². The Morgan fingerprint density at radius 3 is 2.81 bits per heavy atom. The summed E-state index contributed by atoms with van der Waals surface area (Å²) in [5.74, 6) is 0.638. The molecule has 0 heterocycles. The fraction of sp³-hybridized carbons (Fsp3) is 0.538. The van der Waals surface area contributed by atoms with Crippen molar-refractivity contribution in [1.82, 2.24) is 5.32 Å². The van der Waals surface area contributed by atoms with Gasteiger partial charge in [-0.2, -0.15) is 0 Å². The van der Waals surface area contributed by atoms with Gasteiger partial charge in [0.1, 0.15) is 5.82 Å². The Hall–Kier alpha value is -0.410. The number of benzene rings is 1. The lowest BCUT2D eigenvalue weighted by molar-refractivity contribution is 0.265. The molecule has 2 rings (SSSR count). The minimum Gasteiger partial charge on any atom is -0.313 e. The molecule has 0 amide bonds. The van der Waals surface area contributed by atoms with Crippen molar-refractivity contribution < 1.29 is 4.39 Å². The molecule has 1 aromatic carbocycles. The minimum absolute atomic E-state index is 0.175. The quantitative estimate of drug-likeness (QED) is 0.881. The van der Waals surface area contributed by atoms with Gasteiger partial charge in [0.15, 0.2) is 0 Å². The molecule has 0 aromatic heterocycles. The molecule has 1 aliphatic carbocycles. The molecular weight excluding hydrogens is 269 g/mol. The second-order valence-electron chi connectivity index (χ2n) is 4.52. The summed E-state index contributed by atoms with van der Waals surface area (Å²) in [5, 5.41) is 3.29. The Balaban J connectivity index is 2.15. The molecule has 1 aromatic rings. The number of halogens is 2. The van der Waals surface area contributed by atoms with Crippen LogP contribution in [0, 0.1) is 11.7 Å². The summed E-state index contributed by atoms with van der Waals surface area (Å²) < 4.78 is 14.0. The van der Waals surface area contributed by atoms with E-state index in [1.807, 2.05) is 13.1 Å².